The number of nitrogens with one attached hydrogen (secondary N) is 2. The molecular weight excluding hydrogens is 206 g/mol. The predicted molar refractivity (Wildman–Crippen MR) is 62.7 cm³/mol. The van der Waals surface area contributed by atoms with Gasteiger partial charge in [-0.15, -0.1) is 0 Å². The summed E-state index contributed by atoms with van der Waals surface area (Å²) < 4.78 is 1.57. The summed E-state index contributed by atoms with van der Waals surface area (Å²) in [5.74, 6) is 0.566. The number of aromatic nitrogens is 2. The molecule has 6 heteroatoms. The van der Waals surface area contributed by atoms with Crippen molar-refractivity contribution in [2.24, 2.45) is 7.05 Å². The van der Waals surface area contributed by atoms with Gasteiger partial charge >= 0.3 is 6.03 Å². The molecule has 1 heterocycles. The van der Waals surface area contributed by atoms with E-state index in [4.69, 9.17) is 5.73 Å². The van der Waals surface area contributed by atoms with E-state index >= 15 is 0 Å². The van der Waals surface area contributed by atoms with Crippen LogP contribution in [0.15, 0.2) is 6.20 Å². The molecule has 90 valence electrons. The van der Waals surface area contributed by atoms with Gasteiger partial charge in [0.1, 0.15) is 5.82 Å². The van der Waals surface area contributed by atoms with Crippen molar-refractivity contribution in [2.45, 2.75) is 32.9 Å². The molecule has 1 aromatic heterocycles. The number of carbonyl (C=O) groups is 1. The maximum absolute atomic E-state index is 11.5. The summed E-state index contributed by atoms with van der Waals surface area (Å²) in [6.07, 6.45) is 1.65. The van der Waals surface area contributed by atoms with Crippen LogP contribution in [0.25, 0.3) is 0 Å². The molecule has 0 fully saturated rings. The molecule has 0 aromatic carbocycles. The quantitative estimate of drug-likeness (QED) is 0.689. The van der Waals surface area contributed by atoms with E-state index in [1.54, 1.807) is 17.9 Å². The van der Waals surface area contributed by atoms with Crippen molar-refractivity contribution in [1.82, 2.24) is 20.4 Å². The van der Waals surface area contributed by atoms with E-state index in [1.807, 2.05) is 20.8 Å². The number of nitrogens with two attached hydrogens (primary N) is 1. The lowest BCUT2D eigenvalue weighted by atomic mass is 10.1. The van der Waals surface area contributed by atoms with Crippen molar-refractivity contribution >= 4 is 11.8 Å². The topological polar surface area (TPSA) is 85.0 Å². The summed E-state index contributed by atoms with van der Waals surface area (Å²) in [5.41, 5.74) is 6.31. The molecule has 0 bridgehead atoms. The summed E-state index contributed by atoms with van der Waals surface area (Å²) in [5, 5.41) is 9.51. The summed E-state index contributed by atoms with van der Waals surface area (Å²) in [4.78, 5) is 11.5. The summed E-state index contributed by atoms with van der Waals surface area (Å²) in [6.45, 7) is 6.14. The highest BCUT2D eigenvalue weighted by molar-refractivity contribution is 5.74. The molecule has 16 heavy (non-hydrogen) atoms. The van der Waals surface area contributed by atoms with Gasteiger partial charge < -0.3 is 16.4 Å². The number of nitrogens with zero attached hydrogens (tertiary/aromatic N) is 2. The second kappa shape index (κ2) is 4.42. The zero-order valence-corrected chi connectivity index (χ0v) is 10.2. The van der Waals surface area contributed by atoms with Crippen LogP contribution in [0, 0.1) is 0 Å². The molecule has 0 radical (unpaired) electrons. The van der Waals surface area contributed by atoms with Gasteiger partial charge in [-0.05, 0) is 20.8 Å². The molecule has 1 aromatic rings. The highest BCUT2D eigenvalue weighted by Crippen LogP contribution is 2.08. The minimum absolute atomic E-state index is 0.212. The first-order valence-corrected chi connectivity index (χ1v) is 5.12. The smallest absolute Gasteiger partial charge is 0.315 e. The fraction of sp³-hybridized carbons (Fsp3) is 0.600. The average molecular weight is 225 g/mol. The van der Waals surface area contributed by atoms with Crippen molar-refractivity contribution in [1.29, 1.82) is 0 Å². The van der Waals surface area contributed by atoms with Crippen LogP contribution in [-0.2, 0) is 13.6 Å². The highest BCUT2D eigenvalue weighted by atomic mass is 16.2. The molecule has 0 saturated heterocycles. The molecule has 0 saturated carbocycles. The lowest BCUT2D eigenvalue weighted by Crippen LogP contribution is -2.46. The summed E-state index contributed by atoms with van der Waals surface area (Å²) in [7, 11) is 1.76. The van der Waals surface area contributed by atoms with Gasteiger partial charge in [-0.25, -0.2) is 4.79 Å². The monoisotopic (exact) mass is 225 g/mol. The normalized spacial score (nSPS) is 11.2. The van der Waals surface area contributed by atoms with Crippen LogP contribution in [0.1, 0.15) is 26.3 Å². The highest BCUT2D eigenvalue weighted by Gasteiger charge is 2.13. The van der Waals surface area contributed by atoms with Crippen LogP contribution < -0.4 is 16.4 Å². The number of nitrogen functional groups attached to an aromatic ring is 1. The van der Waals surface area contributed by atoms with Crippen molar-refractivity contribution in [3.05, 3.63) is 11.8 Å². The summed E-state index contributed by atoms with van der Waals surface area (Å²) in [6, 6.07) is -0.212. The standard InChI is InChI=1S/C10H19N5O/c1-10(2,3)14-9(16)12-5-7-6-13-15(4)8(7)11/h6H,5,11H2,1-4H3,(H2,12,14,16). The van der Waals surface area contributed by atoms with Gasteiger partial charge in [-0.1, -0.05) is 0 Å². The molecule has 0 aliphatic carbocycles. The average Bonchev–Trinajstić information content (AvgIpc) is 2.42. The number of urea groups is 1. The van der Waals surface area contributed by atoms with E-state index in [0.717, 1.165) is 5.56 Å². The molecule has 0 unspecified atom stereocenters. The van der Waals surface area contributed by atoms with Gasteiger partial charge in [0.2, 0.25) is 0 Å². The van der Waals surface area contributed by atoms with Crippen LogP contribution in [0.3, 0.4) is 0 Å². The number of hydrogen-bond donors (Lipinski definition) is 3. The molecule has 6 nitrogen and oxygen atoms in total. The first-order valence-electron chi connectivity index (χ1n) is 5.12. The van der Waals surface area contributed by atoms with Gasteiger partial charge in [0.15, 0.2) is 0 Å². The maximum Gasteiger partial charge on any atom is 0.315 e. The van der Waals surface area contributed by atoms with Crippen LogP contribution in [0.2, 0.25) is 0 Å². The Morgan fingerprint density at radius 1 is 1.56 bits per heavy atom. The maximum atomic E-state index is 11.5. The Balaban J connectivity index is 2.47. The third-order valence-electron chi connectivity index (χ3n) is 1.99. The van der Waals surface area contributed by atoms with Crippen LogP contribution in [0.4, 0.5) is 10.6 Å². The Morgan fingerprint density at radius 2 is 2.19 bits per heavy atom. The third kappa shape index (κ3) is 3.45. The number of anilines is 1. The van der Waals surface area contributed by atoms with Crippen molar-refractivity contribution in [2.75, 3.05) is 5.73 Å². The van der Waals surface area contributed by atoms with Crippen molar-refractivity contribution < 1.29 is 4.79 Å². The van der Waals surface area contributed by atoms with E-state index in [-0.39, 0.29) is 11.6 Å². The molecule has 4 N–H and O–H groups in total. The number of carbonyl (C=O) groups excluding carboxylic acids is 1. The van der Waals surface area contributed by atoms with E-state index in [9.17, 15) is 4.79 Å². The number of hydrogen-bond acceptors (Lipinski definition) is 3. The number of rotatable bonds is 2. The van der Waals surface area contributed by atoms with Crippen molar-refractivity contribution in [3.8, 4) is 0 Å². The van der Waals surface area contributed by atoms with Gasteiger partial charge in [0, 0.05) is 24.7 Å². The van der Waals surface area contributed by atoms with Crippen LogP contribution >= 0.6 is 0 Å². The second-order valence-electron chi connectivity index (χ2n) is 4.74. The van der Waals surface area contributed by atoms with Crippen molar-refractivity contribution in [3.63, 3.8) is 0 Å². The molecule has 0 spiro atoms. The van der Waals surface area contributed by atoms with E-state index < -0.39 is 0 Å². The number of aryl methyl sites for hydroxylation is 1. The SMILES string of the molecule is Cn1ncc(CNC(=O)NC(C)(C)C)c1N. The Bertz CT molecular complexity index is 377. The van der Waals surface area contributed by atoms with Gasteiger partial charge in [0.05, 0.1) is 6.20 Å². The largest absolute Gasteiger partial charge is 0.384 e. The van der Waals surface area contributed by atoms with Crippen LogP contribution in [0.5, 0.6) is 0 Å². The minimum atomic E-state index is -0.245. The number of amides is 2. The van der Waals surface area contributed by atoms with E-state index in [1.165, 1.54) is 0 Å². The zero-order chi connectivity index (χ0) is 12.3. The first-order chi connectivity index (χ1) is 7.29. The third-order valence-corrected chi connectivity index (χ3v) is 1.99. The predicted octanol–water partition coefficient (Wildman–Crippen LogP) is 0.600. The Labute approximate surface area is 95.2 Å². The van der Waals surface area contributed by atoms with E-state index in [0.29, 0.717) is 12.4 Å². The second-order valence-corrected chi connectivity index (χ2v) is 4.74. The van der Waals surface area contributed by atoms with Gasteiger partial charge in [-0.2, -0.15) is 5.10 Å². The summed E-state index contributed by atoms with van der Waals surface area (Å²) >= 11 is 0. The van der Waals surface area contributed by atoms with Gasteiger partial charge in [-0.3, -0.25) is 4.68 Å². The molecule has 2 amide bonds. The van der Waals surface area contributed by atoms with Crippen LogP contribution in [-0.4, -0.2) is 21.4 Å². The first kappa shape index (κ1) is 12.4. The molecular formula is C10H19N5O. The minimum Gasteiger partial charge on any atom is -0.384 e. The molecule has 0 aliphatic heterocycles. The fourth-order valence-corrected chi connectivity index (χ4v) is 1.19. The lowest BCUT2D eigenvalue weighted by molar-refractivity contribution is 0.231. The Kier molecular flexibility index (Phi) is 3.41. The lowest BCUT2D eigenvalue weighted by Gasteiger charge is -2.20. The van der Waals surface area contributed by atoms with E-state index in [2.05, 4.69) is 15.7 Å². The van der Waals surface area contributed by atoms with Gasteiger partial charge in [0.25, 0.3) is 0 Å². The Hall–Kier alpha value is -1.72. The fourth-order valence-electron chi connectivity index (χ4n) is 1.19. The molecule has 0 atom stereocenters. The molecule has 1 rings (SSSR count). The Morgan fingerprint density at radius 3 is 2.62 bits per heavy atom. The molecule has 0 aliphatic rings. The zero-order valence-electron chi connectivity index (χ0n) is 10.2.